The zero-order chi connectivity index (χ0) is 10.4. The predicted octanol–water partition coefficient (Wildman–Crippen LogP) is -2.95. The number of halogens is 2. The summed E-state index contributed by atoms with van der Waals surface area (Å²) in [6.45, 7) is 2.55. The van der Waals surface area contributed by atoms with Gasteiger partial charge in [0, 0.05) is 12.1 Å². The minimum atomic E-state index is -0.0255. The average molecular weight is 264 g/mol. The van der Waals surface area contributed by atoms with Crippen molar-refractivity contribution < 1.29 is 17.0 Å². The van der Waals surface area contributed by atoms with E-state index in [9.17, 15) is 0 Å². The Hall–Kier alpha value is -1.33. The predicted molar refractivity (Wildman–Crippen MR) is 62.8 cm³/mol. The normalized spacial score (nSPS) is 9.69. The summed E-state index contributed by atoms with van der Waals surface area (Å²) >= 11 is 0. The molecule has 1 heterocycles. The van der Waals surface area contributed by atoms with Gasteiger partial charge in [0.15, 0.2) is 18.9 Å². The van der Waals surface area contributed by atoms with Crippen molar-refractivity contribution in [2.75, 3.05) is 0 Å². The van der Waals surface area contributed by atoms with E-state index < -0.39 is 0 Å². The van der Waals surface area contributed by atoms with Crippen LogP contribution in [0, 0.1) is 0 Å². The lowest BCUT2D eigenvalue weighted by Gasteiger charge is -1.93. The van der Waals surface area contributed by atoms with Crippen molar-refractivity contribution in [2.24, 2.45) is 21.7 Å². The molecule has 0 bridgehead atoms. The molecule has 0 amide bonds. The van der Waals surface area contributed by atoms with Gasteiger partial charge < -0.3 is 23.9 Å². The monoisotopic (exact) mass is 263 g/mol. The summed E-state index contributed by atoms with van der Waals surface area (Å²) in [4.78, 5) is 0. The minimum Gasteiger partial charge on any atom is -1.00 e. The van der Waals surface area contributed by atoms with Crippen LogP contribution in [-0.4, -0.2) is 11.7 Å². The van der Waals surface area contributed by atoms with E-state index in [1.54, 1.807) is 0 Å². The highest BCUT2D eigenvalue weighted by molar-refractivity contribution is 5.85. The minimum absolute atomic E-state index is 0. The Bertz CT molecular complexity index is 346. The molecule has 0 radical (unpaired) electrons. The van der Waals surface area contributed by atoms with Gasteiger partial charge in [-0.2, -0.15) is 9.67 Å². The lowest BCUT2D eigenvalue weighted by Crippen LogP contribution is -3.00. The molecule has 4 N–H and O–H groups in total. The van der Waals surface area contributed by atoms with Gasteiger partial charge in [-0.15, -0.1) is 17.5 Å². The lowest BCUT2D eigenvalue weighted by molar-refractivity contribution is -0.682. The molecule has 0 aliphatic heterocycles. The van der Waals surface area contributed by atoms with E-state index in [-0.39, 0.29) is 30.8 Å². The van der Waals surface area contributed by atoms with Gasteiger partial charge in [0.2, 0.25) is 5.96 Å². The first-order chi connectivity index (χ1) is 6.68. The van der Waals surface area contributed by atoms with Gasteiger partial charge in [-0.3, -0.25) is 0 Å². The van der Waals surface area contributed by atoms with Crippen LogP contribution in [0.4, 0.5) is 0 Å². The summed E-state index contributed by atoms with van der Waals surface area (Å²) in [6, 6.07) is 5.86. The molecule has 90 valence electrons. The highest BCUT2D eigenvalue weighted by atomic mass is 35.5. The number of hydrogen-bond donors (Lipinski definition) is 2. The maximum absolute atomic E-state index is 5.15. The number of nitrogens with two attached hydrogens (primary N) is 2. The first kappa shape index (κ1) is 17.1. The van der Waals surface area contributed by atoms with Crippen LogP contribution in [0.15, 0.2) is 40.8 Å². The highest BCUT2D eigenvalue weighted by Crippen LogP contribution is 1.82. The molecule has 0 fully saturated rings. The Morgan fingerprint density at radius 1 is 1.12 bits per heavy atom. The van der Waals surface area contributed by atoms with Crippen LogP contribution in [0.25, 0.3) is 0 Å². The average Bonchev–Trinajstić information content (AvgIpc) is 2.16. The summed E-state index contributed by atoms with van der Waals surface area (Å²) in [6.07, 6.45) is 3.91. The van der Waals surface area contributed by atoms with E-state index in [4.69, 9.17) is 11.5 Å². The van der Waals surface area contributed by atoms with Crippen LogP contribution in [-0.2, 0) is 6.54 Å². The molecule has 1 rings (SSSR count). The largest absolute Gasteiger partial charge is 1.00 e. The molecule has 0 saturated heterocycles. The molecular formula is C9H15Cl2N5. The van der Waals surface area contributed by atoms with Gasteiger partial charge >= 0.3 is 0 Å². The fourth-order valence-corrected chi connectivity index (χ4v) is 0.979. The third-order valence-electron chi connectivity index (χ3n) is 1.52. The summed E-state index contributed by atoms with van der Waals surface area (Å²) < 4.78 is 1.99. The molecule has 7 heteroatoms. The van der Waals surface area contributed by atoms with Crippen LogP contribution in [0.3, 0.4) is 0 Å². The first-order valence-corrected chi connectivity index (χ1v) is 4.24. The van der Waals surface area contributed by atoms with Crippen molar-refractivity contribution in [3.8, 4) is 0 Å². The molecule has 16 heavy (non-hydrogen) atoms. The second kappa shape index (κ2) is 8.94. The SMILES string of the molecule is C/C(C[n+]1ccccc1)=N\N=C(N)N.Cl.[Cl-]. The Balaban J connectivity index is 0. The molecule has 0 aromatic carbocycles. The summed E-state index contributed by atoms with van der Waals surface area (Å²) in [5.41, 5.74) is 11.1. The Kier molecular flexibility index (Phi) is 9.54. The third-order valence-corrected chi connectivity index (χ3v) is 1.52. The van der Waals surface area contributed by atoms with E-state index >= 15 is 0 Å². The number of guanidine groups is 1. The van der Waals surface area contributed by atoms with Gasteiger partial charge in [0.25, 0.3) is 0 Å². The molecule has 0 atom stereocenters. The molecule has 0 aliphatic carbocycles. The molecule has 0 saturated carbocycles. The molecule has 0 spiro atoms. The van der Waals surface area contributed by atoms with Crippen molar-refractivity contribution in [1.29, 1.82) is 0 Å². The van der Waals surface area contributed by atoms with Crippen LogP contribution in [0.2, 0.25) is 0 Å². The number of hydrogen-bond acceptors (Lipinski definition) is 2. The standard InChI is InChI=1S/C9H14N5.2ClH/c1-8(12-13-9(10)11)7-14-5-3-2-4-6-14;;/h2-6H,7H2,1H3,(H4,10,11,13);2*1H/q+1;;/p-1/b12-8+;;. The zero-order valence-corrected chi connectivity index (χ0v) is 10.4. The van der Waals surface area contributed by atoms with Gasteiger partial charge in [0.05, 0.1) is 0 Å². The number of pyridine rings is 1. The maximum atomic E-state index is 5.15. The molecule has 0 unspecified atom stereocenters. The van der Waals surface area contributed by atoms with E-state index in [0.717, 1.165) is 5.71 Å². The van der Waals surface area contributed by atoms with Crippen molar-refractivity contribution in [1.82, 2.24) is 0 Å². The second-order valence-electron chi connectivity index (χ2n) is 2.91. The van der Waals surface area contributed by atoms with Gasteiger partial charge in [-0.25, -0.2) is 0 Å². The van der Waals surface area contributed by atoms with Crippen molar-refractivity contribution in [3.05, 3.63) is 30.6 Å². The Morgan fingerprint density at radius 2 is 1.69 bits per heavy atom. The molecule has 1 aromatic rings. The number of rotatable bonds is 3. The number of aromatic nitrogens is 1. The van der Waals surface area contributed by atoms with E-state index in [1.165, 1.54) is 0 Å². The Morgan fingerprint density at radius 3 is 2.19 bits per heavy atom. The van der Waals surface area contributed by atoms with Crippen LogP contribution in [0.1, 0.15) is 6.92 Å². The molecule has 5 nitrogen and oxygen atoms in total. The number of nitrogens with zero attached hydrogens (tertiary/aromatic N) is 3. The van der Waals surface area contributed by atoms with Gasteiger partial charge in [0.1, 0.15) is 5.71 Å². The maximum Gasteiger partial charge on any atom is 0.211 e. The quantitative estimate of drug-likeness (QED) is 0.265. The van der Waals surface area contributed by atoms with Crippen molar-refractivity contribution >= 4 is 24.1 Å². The zero-order valence-electron chi connectivity index (χ0n) is 8.88. The van der Waals surface area contributed by atoms with Crippen molar-refractivity contribution in [3.63, 3.8) is 0 Å². The van der Waals surface area contributed by atoms with Gasteiger partial charge in [-0.1, -0.05) is 6.07 Å². The van der Waals surface area contributed by atoms with E-state index in [1.807, 2.05) is 42.1 Å². The van der Waals surface area contributed by atoms with E-state index in [2.05, 4.69) is 10.2 Å². The lowest BCUT2D eigenvalue weighted by atomic mass is 10.4. The first-order valence-electron chi connectivity index (χ1n) is 4.24. The topological polar surface area (TPSA) is 80.6 Å². The molecule has 0 aliphatic rings. The Labute approximate surface area is 107 Å². The summed E-state index contributed by atoms with van der Waals surface area (Å²) in [5.74, 6) is -0.0255. The van der Waals surface area contributed by atoms with Crippen molar-refractivity contribution in [2.45, 2.75) is 13.5 Å². The third kappa shape index (κ3) is 7.03. The van der Waals surface area contributed by atoms with Crippen LogP contribution >= 0.6 is 12.4 Å². The van der Waals surface area contributed by atoms with E-state index in [0.29, 0.717) is 6.54 Å². The van der Waals surface area contributed by atoms with Gasteiger partial charge in [-0.05, 0) is 6.92 Å². The molecule has 1 aromatic heterocycles. The van der Waals surface area contributed by atoms with Crippen LogP contribution in [0.5, 0.6) is 0 Å². The fraction of sp³-hybridized carbons (Fsp3) is 0.222. The summed E-state index contributed by atoms with van der Waals surface area (Å²) in [5, 5.41) is 7.42. The smallest absolute Gasteiger partial charge is 0.211 e. The molecular weight excluding hydrogens is 249 g/mol. The second-order valence-corrected chi connectivity index (χ2v) is 2.91. The fourth-order valence-electron chi connectivity index (χ4n) is 0.979. The van der Waals surface area contributed by atoms with Crippen LogP contribution < -0.4 is 28.4 Å². The highest BCUT2D eigenvalue weighted by Gasteiger charge is 1.99. The summed E-state index contributed by atoms with van der Waals surface area (Å²) in [7, 11) is 0.